The first-order chi connectivity index (χ1) is 12.9. The van der Waals surface area contributed by atoms with Crippen LogP contribution in [0.4, 0.5) is 0 Å². The summed E-state index contributed by atoms with van der Waals surface area (Å²) in [6.45, 7) is 12.1. The third-order valence-corrected chi connectivity index (χ3v) is 6.73. The van der Waals surface area contributed by atoms with Crippen molar-refractivity contribution in [1.82, 2.24) is 0 Å². The Bertz CT molecular complexity index is 837. The quantitative estimate of drug-likeness (QED) is 0.0996. The lowest BCUT2D eigenvalue weighted by atomic mass is 9.92. The number of aromatic hydroxyl groups is 1. The van der Waals surface area contributed by atoms with Gasteiger partial charge in [0.2, 0.25) is 0 Å². The Balaban J connectivity index is 3.32. The van der Waals surface area contributed by atoms with E-state index in [0.29, 0.717) is 22.4 Å². The maximum absolute atomic E-state index is 11.1. The molecule has 1 rings (SSSR count). The third kappa shape index (κ3) is 7.82. The van der Waals surface area contributed by atoms with E-state index in [4.69, 9.17) is 14.5 Å². The maximum atomic E-state index is 11.1. The molecule has 0 fully saturated rings. The van der Waals surface area contributed by atoms with Crippen LogP contribution in [0.25, 0.3) is 0 Å². The summed E-state index contributed by atoms with van der Waals surface area (Å²) in [5, 5.41) is 10.1. The molecule has 1 aromatic rings. The summed E-state index contributed by atoms with van der Waals surface area (Å²) in [6.07, 6.45) is 0.00389. The van der Waals surface area contributed by atoms with Crippen LogP contribution < -0.4 is 0 Å². The number of rotatable bonds is 9. The number of ether oxygens (including phenoxy) is 1. The van der Waals surface area contributed by atoms with Crippen molar-refractivity contribution in [2.75, 3.05) is 10.8 Å². The average molecular weight is 632 g/mol. The van der Waals surface area contributed by atoms with Gasteiger partial charge >= 0.3 is 7.60 Å². The average Bonchev–Trinajstić information content (AvgIpc) is 2.59. The van der Waals surface area contributed by atoms with Crippen LogP contribution >= 0.6 is 52.8 Å². The third-order valence-electron chi connectivity index (χ3n) is 4.17. The van der Waals surface area contributed by atoms with E-state index in [0.717, 1.165) is 31.4 Å². The minimum Gasteiger partial charge on any atom is -0.508 e. The monoisotopic (exact) mass is 632 g/mol. The standard InChI is InChI=1S/C20H27I2O5P/c1-12(2)16(8-15-6-7-18(23)17(9-15)13(3)4)14(5)20(22)19(10-21)27-11-28(24,25)26/h6-7,9,13,23H,1,8,10-11H2,2-5H3,(H2,24,25,26)/b16-14-,20-19-. The number of halogens is 2. The molecule has 0 aliphatic carbocycles. The molecular formula is C20H27I2O5P. The van der Waals surface area contributed by atoms with Crippen LogP contribution in [0.3, 0.4) is 0 Å². The van der Waals surface area contributed by atoms with Gasteiger partial charge in [0.15, 0.2) is 6.35 Å². The lowest BCUT2D eigenvalue weighted by Crippen LogP contribution is -2.03. The highest BCUT2D eigenvalue weighted by Gasteiger charge is 2.18. The van der Waals surface area contributed by atoms with Crippen molar-refractivity contribution in [2.45, 2.75) is 40.0 Å². The number of hydrogen-bond acceptors (Lipinski definition) is 3. The predicted octanol–water partition coefficient (Wildman–Crippen LogP) is 6.18. The van der Waals surface area contributed by atoms with Crippen molar-refractivity contribution in [3.63, 3.8) is 0 Å². The first-order valence-electron chi connectivity index (χ1n) is 8.67. The molecule has 0 bridgehead atoms. The van der Waals surface area contributed by atoms with Crippen LogP contribution in [0.1, 0.15) is 44.7 Å². The van der Waals surface area contributed by atoms with E-state index in [2.05, 4.69) is 51.8 Å². The molecule has 0 aliphatic rings. The van der Waals surface area contributed by atoms with E-state index in [9.17, 15) is 9.67 Å². The SMILES string of the molecule is C=C(C)/C(Cc1ccc(O)c(C(C)C)c1)=C(C)\C(I)=C(/CI)OCP(=O)(O)O. The predicted molar refractivity (Wildman–Crippen MR) is 131 cm³/mol. The minimum atomic E-state index is -4.24. The molecule has 0 aromatic heterocycles. The van der Waals surface area contributed by atoms with Crippen molar-refractivity contribution in [3.05, 3.63) is 62.0 Å². The van der Waals surface area contributed by atoms with Gasteiger partial charge in [0.25, 0.3) is 0 Å². The van der Waals surface area contributed by atoms with Gasteiger partial charge in [0, 0.05) is 0 Å². The van der Waals surface area contributed by atoms with E-state index in [1.54, 1.807) is 6.07 Å². The molecular weight excluding hydrogens is 605 g/mol. The molecule has 0 atom stereocenters. The Morgan fingerprint density at radius 3 is 2.36 bits per heavy atom. The zero-order valence-electron chi connectivity index (χ0n) is 16.5. The zero-order valence-corrected chi connectivity index (χ0v) is 21.7. The van der Waals surface area contributed by atoms with Gasteiger partial charge in [0.1, 0.15) is 11.5 Å². The minimum absolute atomic E-state index is 0.213. The van der Waals surface area contributed by atoms with Crippen molar-refractivity contribution in [2.24, 2.45) is 0 Å². The molecule has 0 spiro atoms. The lowest BCUT2D eigenvalue weighted by Gasteiger charge is -2.17. The number of phenolic OH excluding ortho intramolecular Hbond substituents is 1. The van der Waals surface area contributed by atoms with Crippen molar-refractivity contribution < 1.29 is 24.2 Å². The molecule has 5 nitrogen and oxygen atoms in total. The fourth-order valence-electron chi connectivity index (χ4n) is 2.65. The van der Waals surface area contributed by atoms with Crippen molar-refractivity contribution >= 4 is 52.8 Å². The van der Waals surface area contributed by atoms with Gasteiger partial charge in [-0.1, -0.05) is 60.7 Å². The van der Waals surface area contributed by atoms with Crippen molar-refractivity contribution in [3.8, 4) is 5.75 Å². The molecule has 3 N–H and O–H groups in total. The van der Waals surface area contributed by atoms with Crippen LogP contribution in [0.5, 0.6) is 5.75 Å². The van der Waals surface area contributed by atoms with Gasteiger partial charge in [0.05, 0.1) is 8.01 Å². The van der Waals surface area contributed by atoms with Gasteiger partial charge in [-0.15, -0.1) is 0 Å². The highest BCUT2D eigenvalue weighted by Crippen LogP contribution is 2.37. The fraction of sp³-hybridized carbons (Fsp3) is 0.400. The van der Waals surface area contributed by atoms with Gasteiger partial charge in [-0.05, 0) is 77.1 Å². The van der Waals surface area contributed by atoms with E-state index >= 15 is 0 Å². The van der Waals surface area contributed by atoms with Gasteiger partial charge < -0.3 is 19.6 Å². The number of hydrogen-bond donors (Lipinski definition) is 3. The molecule has 0 aliphatic heterocycles. The van der Waals surface area contributed by atoms with Gasteiger partial charge in [-0.3, -0.25) is 4.57 Å². The normalized spacial score (nSPS) is 13.9. The fourth-order valence-corrected chi connectivity index (χ4v) is 4.98. The molecule has 0 heterocycles. The lowest BCUT2D eigenvalue weighted by molar-refractivity contribution is 0.232. The molecule has 1 aromatic carbocycles. The molecule has 8 heteroatoms. The van der Waals surface area contributed by atoms with Crippen LogP contribution in [0, 0.1) is 0 Å². The molecule has 0 unspecified atom stereocenters. The first kappa shape index (κ1) is 25.7. The van der Waals surface area contributed by atoms with E-state index in [1.807, 2.05) is 39.8 Å². The Labute approximate surface area is 194 Å². The van der Waals surface area contributed by atoms with E-state index in [1.165, 1.54) is 0 Å². The number of alkyl halides is 1. The van der Waals surface area contributed by atoms with Crippen LogP contribution in [0.15, 0.2) is 50.8 Å². The Morgan fingerprint density at radius 1 is 1.29 bits per heavy atom. The number of allylic oxidation sites excluding steroid dienone is 5. The van der Waals surface area contributed by atoms with Gasteiger partial charge in [-0.25, -0.2) is 0 Å². The highest BCUT2D eigenvalue weighted by molar-refractivity contribution is 14.1. The molecule has 0 saturated heterocycles. The summed E-state index contributed by atoms with van der Waals surface area (Å²) in [5.41, 5.74) is 4.87. The van der Waals surface area contributed by atoms with Gasteiger partial charge in [-0.2, -0.15) is 0 Å². The molecule has 0 radical (unpaired) electrons. The van der Waals surface area contributed by atoms with Crippen LogP contribution in [-0.2, 0) is 15.7 Å². The smallest absolute Gasteiger partial charge is 0.362 e. The molecule has 28 heavy (non-hydrogen) atoms. The zero-order chi connectivity index (χ0) is 21.6. The second kappa shape index (κ2) is 11.2. The number of benzene rings is 1. The summed E-state index contributed by atoms with van der Waals surface area (Å²) in [5.74, 6) is 1.04. The van der Waals surface area contributed by atoms with E-state index < -0.39 is 13.9 Å². The second-order valence-corrected chi connectivity index (χ2v) is 10.3. The van der Waals surface area contributed by atoms with E-state index in [-0.39, 0.29) is 5.92 Å². The summed E-state index contributed by atoms with van der Waals surface area (Å²) in [6, 6.07) is 5.63. The summed E-state index contributed by atoms with van der Waals surface area (Å²) in [7, 11) is -4.24. The summed E-state index contributed by atoms with van der Waals surface area (Å²) < 4.78 is 17.8. The first-order valence-corrected chi connectivity index (χ1v) is 13.1. The molecule has 0 saturated carbocycles. The Kier molecular flexibility index (Phi) is 10.2. The van der Waals surface area contributed by atoms with Crippen LogP contribution in [-0.4, -0.2) is 25.7 Å². The van der Waals surface area contributed by atoms with Crippen LogP contribution in [0.2, 0.25) is 0 Å². The topological polar surface area (TPSA) is 87.0 Å². The molecule has 0 amide bonds. The summed E-state index contributed by atoms with van der Waals surface area (Å²) in [4.78, 5) is 18.2. The maximum Gasteiger partial charge on any atom is 0.362 e. The molecule has 156 valence electrons. The Hall–Kier alpha value is -0.350. The number of phenols is 1. The largest absolute Gasteiger partial charge is 0.508 e. The Morgan fingerprint density at radius 2 is 1.89 bits per heavy atom. The second-order valence-electron chi connectivity index (χ2n) is 6.92. The van der Waals surface area contributed by atoms with Crippen molar-refractivity contribution in [1.29, 1.82) is 0 Å². The highest BCUT2D eigenvalue weighted by atomic mass is 127. The summed E-state index contributed by atoms with van der Waals surface area (Å²) >= 11 is 4.27.